The van der Waals surface area contributed by atoms with Crippen molar-refractivity contribution in [2.75, 3.05) is 19.7 Å². The topological polar surface area (TPSA) is 25.8 Å². The van der Waals surface area contributed by atoms with Crippen molar-refractivity contribution < 1.29 is 10.1 Å². The predicted molar refractivity (Wildman–Crippen MR) is 81.8 cm³/mol. The monoisotopic (exact) mass is 264 g/mol. The Morgan fingerprint density at radius 1 is 1.05 bits per heavy atom. The van der Waals surface area contributed by atoms with Crippen LogP contribution in [0.1, 0.15) is 57.9 Å². The summed E-state index contributed by atoms with van der Waals surface area (Å²) in [6, 6.07) is 8.58. The van der Waals surface area contributed by atoms with Gasteiger partial charge in [-0.1, -0.05) is 39.3 Å². The van der Waals surface area contributed by atoms with E-state index in [0.29, 0.717) is 5.92 Å². The first-order valence-corrected chi connectivity index (χ1v) is 7.82. The molecule has 1 rings (SSSR count). The molecular weight excluding hydrogens is 234 g/mol. The lowest BCUT2D eigenvalue weighted by atomic mass is 9.99. The summed E-state index contributed by atoms with van der Waals surface area (Å²) in [5, 5.41) is 2.39. The van der Waals surface area contributed by atoms with Crippen LogP contribution in [0.3, 0.4) is 0 Å². The second-order valence-corrected chi connectivity index (χ2v) is 5.30. The molecule has 0 radical (unpaired) electrons. The zero-order valence-corrected chi connectivity index (χ0v) is 12.8. The maximum atomic E-state index is 5.76. The lowest BCUT2D eigenvalue weighted by Crippen LogP contribution is -2.84. The van der Waals surface area contributed by atoms with Gasteiger partial charge in [0, 0.05) is 6.42 Å². The van der Waals surface area contributed by atoms with E-state index < -0.39 is 0 Å². The van der Waals surface area contributed by atoms with Crippen LogP contribution in [0.4, 0.5) is 0 Å². The first kappa shape index (κ1) is 16.0. The summed E-state index contributed by atoms with van der Waals surface area (Å²) in [5.41, 5.74) is 1.41. The van der Waals surface area contributed by atoms with E-state index in [-0.39, 0.29) is 0 Å². The summed E-state index contributed by atoms with van der Waals surface area (Å²) < 4.78 is 5.76. The van der Waals surface area contributed by atoms with Gasteiger partial charge in [-0.3, -0.25) is 0 Å². The van der Waals surface area contributed by atoms with Crippen molar-refractivity contribution in [2.45, 2.75) is 52.4 Å². The van der Waals surface area contributed by atoms with Crippen LogP contribution in [0.15, 0.2) is 24.3 Å². The number of quaternary nitrogens is 1. The maximum Gasteiger partial charge on any atom is 0.119 e. The number of rotatable bonds is 10. The summed E-state index contributed by atoms with van der Waals surface area (Å²) >= 11 is 0. The molecule has 0 aliphatic heterocycles. The van der Waals surface area contributed by atoms with E-state index in [2.05, 4.69) is 50.4 Å². The molecule has 0 saturated carbocycles. The van der Waals surface area contributed by atoms with Gasteiger partial charge in [-0.15, -0.1) is 0 Å². The first-order valence-electron chi connectivity index (χ1n) is 7.82. The highest BCUT2D eigenvalue weighted by atomic mass is 16.5. The molecule has 0 saturated heterocycles. The molecule has 0 fully saturated rings. The molecule has 1 aromatic carbocycles. The van der Waals surface area contributed by atoms with E-state index in [1.807, 2.05) is 0 Å². The van der Waals surface area contributed by atoms with Crippen molar-refractivity contribution in [1.29, 1.82) is 0 Å². The number of hydrogen-bond acceptors (Lipinski definition) is 1. The Hall–Kier alpha value is -1.02. The Balaban J connectivity index is 2.16. The maximum absolute atomic E-state index is 5.76. The molecule has 2 heteroatoms. The third-order valence-electron chi connectivity index (χ3n) is 3.64. The average Bonchev–Trinajstić information content (AvgIpc) is 2.46. The van der Waals surface area contributed by atoms with E-state index in [1.165, 1.54) is 37.9 Å². The van der Waals surface area contributed by atoms with E-state index in [4.69, 9.17) is 4.74 Å². The second-order valence-electron chi connectivity index (χ2n) is 5.30. The molecule has 2 N–H and O–H groups in total. The number of nitrogens with two attached hydrogens (primary N) is 1. The normalized spacial score (nSPS) is 12.4. The molecule has 2 nitrogen and oxygen atoms in total. The van der Waals surface area contributed by atoms with Gasteiger partial charge in [-0.2, -0.15) is 0 Å². The van der Waals surface area contributed by atoms with E-state index in [0.717, 1.165) is 18.8 Å². The van der Waals surface area contributed by atoms with Gasteiger partial charge in [0.1, 0.15) is 5.75 Å². The van der Waals surface area contributed by atoms with Crippen LogP contribution in [0.5, 0.6) is 5.75 Å². The minimum Gasteiger partial charge on any atom is -0.493 e. The first-order chi connectivity index (χ1) is 9.27. The molecule has 1 atom stereocenters. The molecule has 0 aromatic heterocycles. The molecule has 0 aliphatic carbocycles. The van der Waals surface area contributed by atoms with Gasteiger partial charge in [-0.25, -0.2) is 0 Å². The smallest absolute Gasteiger partial charge is 0.119 e. The quantitative estimate of drug-likeness (QED) is 0.644. The minimum absolute atomic E-state index is 0.641. The minimum atomic E-state index is 0.641. The third-order valence-corrected chi connectivity index (χ3v) is 3.64. The number of ether oxygens (including phenoxy) is 1. The lowest BCUT2D eigenvalue weighted by molar-refractivity contribution is -0.655. The molecule has 1 aromatic rings. The van der Waals surface area contributed by atoms with Crippen LogP contribution in [0.25, 0.3) is 0 Å². The molecule has 0 spiro atoms. The van der Waals surface area contributed by atoms with E-state index >= 15 is 0 Å². The van der Waals surface area contributed by atoms with Gasteiger partial charge in [-0.05, 0) is 36.5 Å². The highest BCUT2D eigenvalue weighted by Gasteiger charge is 2.02. The Morgan fingerprint density at radius 3 is 2.37 bits per heavy atom. The van der Waals surface area contributed by atoms with Gasteiger partial charge in [0.2, 0.25) is 0 Å². The Bertz CT molecular complexity index is 321. The van der Waals surface area contributed by atoms with Gasteiger partial charge in [0.25, 0.3) is 0 Å². The summed E-state index contributed by atoms with van der Waals surface area (Å²) in [6.45, 7) is 9.97. The Morgan fingerprint density at radius 2 is 1.74 bits per heavy atom. The molecule has 0 bridgehead atoms. The van der Waals surface area contributed by atoms with Gasteiger partial charge < -0.3 is 10.1 Å². The summed E-state index contributed by atoms with van der Waals surface area (Å²) in [4.78, 5) is 0. The van der Waals surface area contributed by atoms with Gasteiger partial charge in [0.05, 0.1) is 19.7 Å². The molecular formula is C17H30NO+. The highest BCUT2D eigenvalue weighted by molar-refractivity contribution is 5.29. The van der Waals surface area contributed by atoms with Gasteiger partial charge >= 0.3 is 0 Å². The van der Waals surface area contributed by atoms with Crippen LogP contribution >= 0.6 is 0 Å². The van der Waals surface area contributed by atoms with E-state index in [1.54, 1.807) is 0 Å². The van der Waals surface area contributed by atoms with Crippen LogP contribution in [-0.2, 0) is 0 Å². The predicted octanol–water partition coefficient (Wildman–Crippen LogP) is 3.33. The zero-order chi connectivity index (χ0) is 13.9. The molecule has 108 valence electrons. The molecule has 0 unspecified atom stereocenters. The fraction of sp³-hybridized carbons (Fsp3) is 0.647. The molecule has 19 heavy (non-hydrogen) atoms. The average molecular weight is 264 g/mol. The summed E-state index contributed by atoms with van der Waals surface area (Å²) in [6.07, 6.45) is 4.91. The SMILES string of the molecule is CCCC[NH2+]CCCOc1ccc([C@H](C)CC)cc1. The zero-order valence-electron chi connectivity index (χ0n) is 12.8. The largest absolute Gasteiger partial charge is 0.493 e. The molecule has 0 heterocycles. The van der Waals surface area contributed by atoms with Crippen LogP contribution in [0, 0.1) is 0 Å². The summed E-state index contributed by atoms with van der Waals surface area (Å²) in [5.74, 6) is 1.64. The molecule has 0 amide bonds. The lowest BCUT2D eigenvalue weighted by Gasteiger charge is -2.10. The van der Waals surface area contributed by atoms with Gasteiger partial charge in [0.15, 0.2) is 0 Å². The number of unbranched alkanes of at least 4 members (excludes halogenated alkanes) is 1. The standard InChI is InChI=1S/C17H29NO/c1-4-6-12-18-13-7-14-19-17-10-8-16(9-11-17)15(3)5-2/h8-11,15,18H,4-7,12-14H2,1-3H3/p+1/t15-/m1/s1. The van der Waals surface area contributed by atoms with Crippen LogP contribution in [0.2, 0.25) is 0 Å². The van der Waals surface area contributed by atoms with Crippen LogP contribution < -0.4 is 10.1 Å². The van der Waals surface area contributed by atoms with Crippen molar-refractivity contribution in [2.24, 2.45) is 0 Å². The van der Waals surface area contributed by atoms with Crippen molar-refractivity contribution in [3.05, 3.63) is 29.8 Å². The third kappa shape index (κ3) is 6.63. The van der Waals surface area contributed by atoms with Crippen molar-refractivity contribution in [1.82, 2.24) is 0 Å². The van der Waals surface area contributed by atoms with E-state index in [9.17, 15) is 0 Å². The fourth-order valence-corrected chi connectivity index (χ4v) is 2.04. The van der Waals surface area contributed by atoms with Crippen molar-refractivity contribution in [3.63, 3.8) is 0 Å². The van der Waals surface area contributed by atoms with Crippen molar-refractivity contribution in [3.8, 4) is 5.75 Å². The fourth-order valence-electron chi connectivity index (χ4n) is 2.04. The summed E-state index contributed by atoms with van der Waals surface area (Å²) in [7, 11) is 0. The van der Waals surface area contributed by atoms with Crippen molar-refractivity contribution >= 4 is 0 Å². The van der Waals surface area contributed by atoms with Crippen LogP contribution in [-0.4, -0.2) is 19.7 Å². The number of benzene rings is 1. The molecule has 0 aliphatic rings. The highest BCUT2D eigenvalue weighted by Crippen LogP contribution is 2.21. The Kier molecular flexibility index (Phi) is 8.31. The Labute approximate surface area is 118 Å². The second kappa shape index (κ2) is 9.85. The number of hydrogen-bond donors (Lipinski definition) is 1.